The van der Waals surface area contributed by atoms with Crippen molar-refractivity contribution < 1.29 is 41.7 Å². The molecule has 0 spiro atoms. The van der Waals surface area contributed by atoms with Gasteiger partial charge < -0.3 is 14.6 Å². The predicted octanol–water partition coefficient (Wildman–Crippen LogP) is 2.59. The molecule has 184 valence electrons. The van der Waals surface area contributed by atoms with E-state index in [-0.39, 0.29) is 24.2 Å². The number of hydrogen-bond donors (Lipinski definition) is 1. The lowest BCUT2D eigenvalue weighted by Gasteiger charge is -2.15. The molecule has 0 aliphatic carbocycles. The molecule has 2 heterocycles. The van der Waals surface area contributed by atoms with Crippen LogP contribution in [0.25, 0.3) is 0 Å². The zero-order valence-corrected chi connectivity index (χ0v) is 19.4. The van der Waals surface area contributed by atoms with Crippen LogP contribution >= 0.6 is 15.9 Å². The second-order valence-corrected chi connectivity index (χ2v) is 7.68. The van der Waals surface area contributed by atoms with E-state index in [4.69, 9.17) is 24.7 Å². The molecule has 0 radical (unpaired) electrons. The zero-order chi connectivity index (χ0) is 25.8. The first-order valence-corrected chi connectivity index (χ1v) is 10.4. The fraction of sp³-hybridized carbons (Fsp3) is 0.238. The highest BCUT2D eigenvalue weighted by Crippen LogP contribution is 2.36. The van der Waals surface area contributed by atoms with E-state index < -0.39 is 40.3 Å². The third-order valence-electron chi connectivity index (χ3n) is 4.46. The van der Waals surface area contributed by atoms with Crippen molar-refractivity contribution in [2.75, 3.05) is 20.3 Å². The zero-order valence-electron chi connectivity index (χ0n) is 17.8. The number of rotatable bonds is 8. The van der Waals surface area contributed by atoms with Gasteiger partial charge in [-0.15, -0.1) is 0 Å². The molecule has 9 nitrogen and oxygen atoms in total. The van der Waals surface area contributed by atoms with Crippen LogP contribution in [0, 0.1) is 17.1 Å². The Hall–Kier alpha value is -3.70. The van der Waals surface area contributed by atoms with Gasteiger partial charge >= 0.3 is 6.18 Å². The van der Waals surface area contributed by atoms with E-state index in [1.807, 2.05) is 0 Å². The lowest BCUT2D eigenvalue weighted by molar-refractivity contribution is -0.890. The minimum absolute atomic E-state index is 0.0196. The topological polar surface area (TPSA) is 110 Å². The molecule has 3 aromatic rings. The number of nitrogens with zero attached hydrogens (tertiary/aromatic N) is 4. The number of aliphatic hydroxyl groups excluding tert-OH is 1. The molecule has 1 aromatic carbocycles. The fourth-order valence-electron chi connectivity index (χ4n) is 2.92. The Morgan fingerprint density at radius 1 is 1.31 bits per heavy atom. The van der Waals surface area contributed by atoms with Gasteiger partial charge in [0.15, 0.2) is 23.0 Å². The van der Waals surface area contributed by atoms with Crippen LogP contribution in [0.4, 0.5) is 17.6 Å². The Labute approximate surface area is 203 Å². The minimum Gasteiger partial charge on any atom is -0.485 e. The van der Waals surface area contributed by atoms with Crippen molar-refractivity contribution in [3.63, 3.8) is 0 Å². The van der Waals surface area contributed by atoms with E-state index in [2.05, 4.69) is 20.9 Å². The van der Waals surface area contributed by atoms with Gasteiger partial charge in [0.1, 0.15) is 26.3 Å². The van der Waals surface area contributed by atoms with Gasteiger partial charge in [0.25, 0.3) is 17.5 Å². The summed E-state index contributed by atoms with van der Waals surface area (Å²) < 4.78 is 67.8. The lowest BCUT2D eigenvalue weighted by atomic mass is 10.2. The number of aliphatic hydroxyl groups is 1. The van der Waals surface area contributed by atoms with Gasteiger partial charge in [-0.25, -0.2) is 9.37 Å². The molecule has 0 aliphatic heterocycles. The third kappa shape index (κ3) is 5.87. The fourth-order valence-corrected chi connectivity index (χ4v) is 3.35. The Morgan fingerprint density at radius 3 is 2.69 bits per heavy atom. The monoisotopic (exact) mass is 559 g/mol. The van der Waals surface area contributed by atoms with Crippen molar-refractivity contribution in [3.8, 4) is 23.3 Å². The van der Waals surface area contributed by atoms with E-state index in [0.29, 0.717) is 17.8 Å². The quantitative estimate of drug-likeness (QED) is 0.333. The molecule has 1 N–H and O–H groups in total. The number of aromatic nitrogens is 3. The number of halogens is 5. The van der Waals surface area contributed by atoms with E-state index in [0.717, 1.165) is 16.7 Å². The molecule has 3 rings (SSSR count). The molecule has 0 amide bonds. The van der Waals surface area contributed by atoms with Gasteiger partial charge in [-0.2, -0.15) is 18.4 Å². The summed E-state index contributed by atoms with van der Waals surface area (Å²) in [5, 5.41) is 17.9. The Morgan fingerprint density at radius 2 is 2.06 bits per heavy atom. The molecule has 0 saturated carbocycles. The second-order valence-electron chi connectivity index (χ2n) is 6.77. The Balaban J connectivity index is 2.07. The van der Waals surface area contributed by atoms with Crippen LogP contribution in [0.2, 0.25) is 0 Å². The maximum atomic E-state index is 14.5. The molecule has 35 heavy (non-hydrogen) atoms. The van der Waals surface area contributed by atoms with Crippen LogP contribution in [-0.2, 0) is 12.7 Å². The van der Waals surface area contributed by atoms with Gasteiger partial charge in [-0.3, -0.25) is 14.2 Å². The first-order valence-electron chi connectivity index (χ1n) is 9.65. The van der Waals surface area contributed by atoms with Crippen molar-refractivity contribution in [1.29, 1.82) is 5.26 Å². The summed E-state index contributed by atoms with van der Waals surface area (Å²) in [7, 11) is 1.31. The molecule has 0 saturated heterocycles. The lowest BCUT2D eigenvalue weighted by Crippen LogP contribution is -2.45. The van der Waals surface area contributed by atoms with Crippen molar-refractivity contribution in [3.05, 3.63) is 74.4 Å². The summed E-state index contributed by atoms with van der Waals surface area (Å²) in [4.78, 5) is 21.5. The minimum atomic E-state index is -5.09. The number of nitriles is 1. The normalized spacial score (nSPS) is 11.1. The standard InChI is InChI=1S/C21H16BrF4N4O5/c1-33-30-10-15(34-5-4-31)3-2-14(30)9-29-11-28-19(21(24,25)26)18(20(29)32)35-16-7-13(22)6-12(8-27)17(16)23/h2-3,6-7,10-11,31H,4-5,9H2,1H3/q+1. The average Bonchev–Trinajstić information content (AvgIpc) is 2.81. The van der Waals surface area contributed by atoms with E-state index >= 15 is 0 Å². The van der Waals surface area contributed by atoms with E-state index in [1.165, 1.54) is 30.2 Å². The number of pyridine rings is 1. The molecule has 0 bridgehead atoms. The van der Waals surface area contributed by atoms with Crippen molar-refractivity contribution >= 4 is 15.9 Å². The summed E-state index contributed by atoms with van der Waals surface area (Å²) in [5.74, 6) is -2.96. The van der Waals surface area contributed by atoms with Gasteiger partial charge in [-0.1, -0.05) is 15.9 Å². The predicted molar refractivity (Wildman–Crippen MR) is 113 cm³/mol. The SMILES string of the molecule is CO[n+]1cc(OCCO)ccc1Cn1cnc(C(F)(F)F)c(Oc2cc(Br)cc(C#N)c2F)c1=O. The van der Waals surface area contributed by atoms with Crippen molar-refractivity contribution in [2.45, 2.75) is 12.7 Å². The Kier molecular flexibility index (Phi) is 7.92. The average molecular weight is 560 g/mol. The maximum absolute atomic E-state index is 14.5. The number of benzene rings is 1. The van der Waals surface area contributed by atoms with Crippen LogP contribution in [-0.4, -0.2) is 35.0 Å². The van der Waals surface area contributed by atoms with Crippen molar-refractivity contribution in [2.24, 2.45) is 0 Å². The van der Waals surface area contributed by atoms with Gasteiger partial charge in [0.05, 0.1) is 18.5 Å². The molecular formula is C21H16BrF4N4O5+. The molecule has 0 fully saturated rings. The summed E-state index contributed by atoms with van der Waals surface area (Å²) in [6, 6.07) is 6.62. The highest BCUT2D eigenvalue weighted by molar-refractivity contribution is 9.10. The highest BCUT2D eigenvalue weighted by Gasteiger charge is 2.39. The van der Waals surface area contributed by atoms with Crippen molar-refractivity contribution in [1.82, 2.24) is 9.55 Å². The van der Waals surface area contributed by atoms with E-state index in [9.17, 15) is 22.4 Å². The van der Waals surface area contributed by atoms with E-state index in [1.54, 1.807) is 6.07 Å². The van der Waals surface area contributed by atoms with Crippen LogP contribution in [0.3, 0.4) is 0 Å². The number of alkyl halides is 3. The molecular weight excluding hydrogens is 544 g/mol. The van der Waals surface area contributed by atoms with Crippen LogP contribution in [0.15, 0.2) is 46.1 Å². The first-order chi connectivity index (χ1) is 16.6. The summed E-state index contributed by atoms with van der Waals surface area (Å²) in [6.45, 7) is -0.511. The molecule has 0 atom stereocenters. The van der Waals surface area contributed by atoms with Crippen LogP contribution in [0.1, 0.15) is 17.0 Å². The highest BCUT2D eigenvalue weighted by atomic mass is 79.9. The summed E-state index contributed by atoms with van der Waals surface area (Å²) in [6.07, 6.45) is -3.02. The summed E-state index contributed by atoms with van der Waals surface area (Å²) in [5.41, 5.74) is -3.12. The molecule has 0 unspecified atom stereocenters. The molecule has 14 heteroatoms. The third-order valence-corrected chi connectivity index (χ3v) is 4.92. The first kappa shape index (κ1) is 25.9. The molecule has 0 aliphatic rings. The maximum Gasteiger partial charge on any atom is 0.437 e. The summed E-state index contributed by atoms with van der Waals surface area (Å²) >= 11 is 3.01. The smallest absolute Gasteiger partial charge is 0.437 e. The van der Waals surface area contributed by atoms with Crippen LogP contribution in [0.5, 0.6) is 17.2 Å². The molecule has 2 aromatic heterocycles. The largest absolute Gasteiger partial charge is 0.485 e. The number of ether oxygens (including phenoxy) is 2. The van der Waals surface area contributed by atoms with Crippen LogP contribution < -0.4 is 24.6 Å². The van der Waals surface area contributed by atoms with Gasteiger partial charge in [0.2, 0.25) is 5.75 Å². The van der Waals surface area contributed by atoms with Gasteiger partial charge in [-0.05, 0) is 18.2 Å². The van der Waals surface area contributed by atoms with Gasteiger partial charge in [0, 0.05) is 15.3 Å². The second kappa shape index (κ2) is 10.7. The number of hydrogen-bond acceptors (Lipinski definition) is 7. The Bertz CT molecular complexity index is 1340.